The number of nitrogens with one attached hydrogen (secondary N) is 1. The van der Waals surface area contributed by atoms with Gasteiger partial charge in [-0.2, -0.15) is 4.31 Å². The molecule has 0 aliphatic heterocycles. The SMILES string of the molecule is COC(=O)c1ccc(NC(=O)CN(C2CCCCC2)S(=O)(=O)c2ccc(C)cc2)cc1. The number of ether oxygens (including phenoxy) is 1. The van der Waals surface area contributed by atoms with Gasteiger partial charge in [-0.25, -0.2) is 13.2 Å². The molecule has 0 saturated heterocycles. The highest BCUT2D eigenvalue weighted by Crippen LogP contribution is 2.28. The molecule has 0 aromatic heterocycles. The second-order valence-corrected chi connectivity index (χ2v) is 9.66. The van der Waals surface area contributed by atoms with E-state index >= 15 is 0 Å². The lowest BCUT2D eigenvalue weighted by molar-refractivity contribution is -0.116. The molecule has 2 aromatic carbocycles. The molecule has 2 aromatic rings. The lowest BCUT2D eigenvalue weighted by Crippen LogP contribution is -2.45. The van der Waals surface area contributed by atoms with Crippen molar-refractivity contribution in [1.29, 1.82) is 0 Å². The van der Waals surface area contributed by atoms with Crippen LogP contribution in [0.25, 0.3) is 0 Å². The van der Waals surface area contributed by atoms with Crippen LogP contribution < -0.4 is 5.32 Å². The first-order chi connectivity index (χ1) is 14.8. The van der Waals surface area contributed by atoms with Gasteiger partial charge in [0.15, 0.2) is 0 Å². The molecule has 1 aliphatic carbocycles. The Kier molecular flexibility index (Phi) is 7.46. The number of sulfonamides is 1. The monoisotopic (exact) mass is 444 g/mol. The number of hydrogen-bond donors (Lipinski definition) is 1. The molecule has 0 spiro atoms. The Bertz CT molecular complexity index is 1010. The molecule has 0 atom stereocenters. The van der Waals surface area contributed by atoms with Crippen LogP contribution in [0.15, 0.2) is 53.4 Å². The Labute approximate surface area is 183 Å². The molecule has 1 fully saturated rings. The third kappa shape index (κ3) is 5.71. The molecule has 3 rings (SSSR count). The highest BCUT2D eigenvalue weighted by molar-refractivity contribution is 7.89. The Morgan fingerprint density at radius 1 is 1.00 bits per heavy atom. The van der Waals surface area contributed by atoms with Gasteiger partial charge in [-0.3, -0.25) is 4.79 Å². The fourth-order valence-corrected chi connectivity index (χ4v) is 5.42. The summed E-state index contributed by atoms with van der Waals surface area (Å²) in [5.74, 6) is -0.891. The molecule has 0 unspecified atom stereocenters. The van der Waals surface area contributed by atoms with Crippen molar-refractivity contribution in [2.75, 3.05) is 19.0 Å². The summed E-state index contributed by atoms with van der Waals surface area (Å²) in [6.45, 7) is 1.63. The van der Waals surface area contributed by atoms with Gasteiger partial charge in [0.1, 0.15) is 0 Å². The molecule has 0 radical (unpaired) electrons. The molecule has 31 heavy (non-hydrogen) atoms. The second kappa shape index (κ2) is 10.1. The predicted molar refractivity (Wildman–Crippen MR) is 118 cm³/mol. The van der Waals surface area contributed by atoms with E-state index in [9.17, 15) is 18.0 Å². The van der Waals surface area contributed by atoms with Crippen LogP contribution in [0.1, 0.15) is 48.0 Å². The minimum absolute atomic E-state index is 0.193. The van der Waals surface area contributed by atoms with Crippen LogP contribution in [0.5, 0.6) is 0 Å². The molecule has 1 amide bonds. The normalized spacial score (nSPS) is 14.9. The molecule has 0 heterocycles. The minimum Gasteiger partial charge on any atom is -0.465 e. The van der Waals surface area contributed by atoms with E-state index in [2.05, 4.69) is 10.1 Å². The predicted octanol–water partition coefficient (Wildman–Crippen LogP) is 3.74. The number of rotatable bonds is 7. The van der Waals surface area contributed by atoms with E-state index < -0.39 is 21.9 Å². The maximum atomic E-state index is 13.4. The van der Waals surface area contributed by atoms with Crippen LogP contribution >= 0.6 is 0 Å². The first-order valence-corrected chi connectivity index (χ1v) is 11.8. The van der Waals surface area contributed by atoms with Crippen molar-refractivity contribution in [1.82, 2.24) is 4.31 Å². The van der Waals surface area contributed by atoms with Crippen LogP contribution in [-0.4, -0.2) is 44.3 Å². The second-order valence-electron chi connectivity index (χ2n) is 7.77. The number of amides is 1. The van der Waals surface area contributed by atoms with Crippen molar-refractivity contribution in [3.8, 4) is 0 Å². The van der Waals surface area contributed by atoms with Gasteiger partial charge in [0, 0.05) is 11.7 Å². The number of esters is 1. The molecule has 0 bridgehead atoms. The van der Waals surface area contributed by atoms with E-state index in [-0.39, 0.29) is 17.5 Å². The molecule has 166 valence electrons. The van der Waals surface area contributed by atoms with E-state index in [1.54, 1.807) is 48.5 Å². The van der Waals surface area contributed by atoms with Gasteiger partial charge in [0.2, 0.25) is 15.9 Å². The highest BCUT2D eigenvalue weighted by atomic mass is 32.2. The Morgan fingerprint density at radius 3 is 2.19 bits per heavy atom. The smallest absolute Gasteiger partial charge is 0.337 e. The number of aryl methyl sites for hydroxylation is 1. The largest absolute Gasteiger partial charge is 0.465 e. The zero-order valence-corrected chi connectivity index (χ0v) is 18.7. The lowest BCUT2D eigenvalue weighted by atomic mass is 9.95. The van der Waals surface area contributed by atoms with Gasteiger partial charge < -0.3 is 10.1 Å². The van der Waals surface area contributed by atoms with E-state index in [4.69, 9.17) is 0 Å². The average molecular weight is 445 g/mol. The Hall–Kier alpha value is -2.71. The van der Waals surface area contributed by atoms with Crippen LogP contribution in [0.4, 0.5) is 5.69 Å². The molecular formula is C23H28N2O5S. The van der Waals surface area contributed by atoms with Gasteiger partial charge in [-0.1, -0.05) is 37.0 Å². The first-order valence-electron chi connectivity index (χ1n) is 10.4. The molecule has 8 heteroatoms. The maximum absolute atomic E-state index is 13.4. The quantitative estimate of drug-likeness (QED) is 0.657. The fraction of sp³-hybridized carbons (Fsp3) is 0.391. The third-order valence-corrected chi connectivity index (χ3v) is 7.41. The lowest BCUT2D eigenvalue weighted by Gasteiger charge is -2.33. The minimum atomic E-state index is -3.81. The van der Waals surface area contributed by atoms with Crippen LogP contribution in [0.3, 0.4) is 0 Å². The van der Waals surface area contributed by atoms with Crippen molar-refractivity contribution in [2.45, 2.75) is 50.0 Å². The number of methoxy groups -OCH3 is 1. The summed E-state index contributed by atoms with van der Waals surface area (Å²) in [6.07, 6.45) is 4.45. The van der Waals surface area contributed by atoms with Crippen molar-refractivity contribution >= 4 is 27.6 Å². The standard InChI is InChI=1S/C23H28N2O5S/c1-17-8-14-21(15-9-17)31(28,29)25(20-6-4-3-5-7-20)16-22(26)24-19-12-10-18(11-13-19)23(27)30-2/h8-15,20H,3-7,16H2,1-2H3,(H,24,26). The van der Waals surface area contributed by atoms with Crippen molar-refractivity contribution in [3.63, 3.8) is 0 Å². The van der Waals surface area contributed by atoms with E-state index in [1.165, 1.54) is 11.4 Å². The molecule has 1 saturated carbocycles. The summed E-state index contributed by atoms with van der Waals surface area (Å²) in [7, 11) is -2.52. The van der Waals surface area contributed by atoms with Crippen LogP contribution in [-0.2, 0) is 19.6 Å². The summed E-state index contributed by atoms with van der Waals surface area (Å²) in [5.41, 5.74) is 1.82. The van der Waals surface area contributed by atoms with E-state index in [0.717, 1.165) is 37.7 Å². The van der Waals surface area contributed by atoms with Crippen molar-refractivity contribution in [2.24, 2.45) is 0 Å². The van der Waals surface area contributed by atoms with Gasteiger partial charge >= 0.3 is 5.97 Å². The summed E-state index contributed by atoms with van der Waals surface area (Å²) < 4.78 is 32.8. The maximum Gasteiger partial charge on any atom is 0.337 e. The topological polar surface area (TPSA) is 92.8 Å². The summed E-state index contributed by atoms with van der Waals surface area (Å²) in [4.78, 5) is 24.5. The zero-order chi connectivity index (χ0) is 22.4. The number of carbonyl (C=O) groups excluding carboxylic acids is 2. The first kappa shape index (κ1) is 23.0. The molecular weight excluding hydrogens is 416 g/mol. The zero-order valence-electron chi connectivity index (χ0n) is 17.8. The molecule has 1 aliphatic rings. The van der Waals surface area contributed by atoms with E-state index in [0.29, 0.717) is 11.3 Å². The highest BCUT2D eigenvalue weighted by Gasteiger charge is 2.34. The van der Waals surface area contributed by atoms with Crippen molar-refractivity contribution < 1.29 is 22.7 Å². The van der Waals surface area contributed by atoms with Gasteiger partial charge in [0.05, 0.1) is 24.1 Å². The third-order valence-electron chi connectivity index (χ3n) is 5.50. The number of carbonyl (C=O) groups is 2. The molecule has 1 N–H and O–H groups in total. The summed E-state index contributed by atoms with van der Waals surface area (Å²) in [5, 5.41) is 2.73. The summed E-state index contributed by atoms with van der Waals surface area (Å²) >= 11 is 0. The van der Waals surface area contributed by atoms with Gasteiger partial charge in [0.25, 0.3) is 0 Å². The van der Waals surface area contributed by atoms with E-state index in [1.807, 2.05) is 6.92 Å². The Balaban J connectivity index is 1.79. The van der Waals surface area contributed by atoms with Crippen molar-refractivity contribution in [3.05, 3.63) is 59.7 Å². The number of nitrogens with zero attached hydrogens (tertiary/aromatic N) is 1. The number of anilines is 1. The van der Waals surface area contributed by atoms with Gasteiger partial charge in [-0.05, 0) is 56.2 Å². The van der Waals surface area contributed by atoms with Gasteiger partial charge in [-0.15, -0.1) is 0 Å². The Morgan fingerprint density at radius 2 is 1.61 bits per heavy atom. The van der Waals surface area contributed by atoms with Crippen LogP contribution in [0, 0.1) is 6.92 Å². The number of hydrogen-bond acceptors (Lipinski definition) is 5. The average Bonchev–Trinajstić information content (AvgIpc) is 2.78. The van der Waals surface area contributed by atoms with Crippen LogP contribution in [0.2, 0.25) is 0 Å². The fourth-order valence-electron chi connectivity index (χ4n) is 3.77. The summed E-state index contributed by atoms with van der Waals surface area (Å²) in [6, 6.07) is 12.8. The molecule has 7 nitrogen and oxygen atoms in total. The number of benzene rings is 2.